The lowest BCUT2D eigenvalue weighted by molar-refractivity contribution is -0.237. The first-order chi connectivity index (χ1) is 10.9. The molecule has 0 spiro atoms. The second-order valence-corrected chi connectivity index (χ2v) is 6.36. The van der Waals surface area contributed by atoms with Gasteiger partial charge in [-0.3, -0.25) is 4.79 Å². The van der Waals surface area contributed by atoms with Crippen LogP contribution in [0.2, 0.25) is 0 Å². The van der Waals surface area contributed by atoms with Gasteiger partial charge in [0.25, 0.3) is 0 Å². The van der Waals surface area contributed by atoms with Crippen LogP contribution in [0.1, 0.15) is 47.0 Å². The summed E-state index contributed by atoms with van der Waals surface area (Å²) in [4.78, 5) is 24.0. The topological polar surface area (TPSA) is 80.3 Å². The number of carbonyl (C=O) groups is 2. The second-order valence-electron chi connectivity index (χ2n) is 6.36. The molecule has 130 valence electrons. The van der Waals surface area contributed by atoms with E-state index >= 15 is 0 Å². The van der Waals surface area contributed by atoms with Gasteiger partial charge in [-0.25, -0.2) is 4.79 Å². The van der Waals surface area contributed by atoms with E-state index in [4.69, 9.17) is 23.7 Å². The monoisotopic (exact) mass is 328 g/mol. The highest BCUT2D eigenvalue weighted by atomic mass is 16.9. The van der Waals surface area contributed by atoms with E-state index in [0.717, 1.165) is 0 Å². The first-order valence-electron chi connectivity index (χ1n) is 8.36. The Labute approximate surface area is 135 Å². The molecule has 0 bridgehead atoms. The van der Waals surface area contributed by atoms with E-state index in [-0.39, 0.29) is 5.92 Å². The summed E-state index contributed by atoms with van der Waals surface area (Å²) in [6.07, 6.45) is -1.38. The molecule has 0 aromatic heterocycles. The van der Waals surface area contributed by atoms with Crippen LogP contribution in [-0.2, 0) is 33.3 Å². The Kier molecular flexibility index (Phi) is 4.37. The Morgan fingerprint density at radius 2 is 1.87 bits per heavy atom. The van der Waals surface area contributed by atoms with Crippen LogP contribution in [0.5, 0.6) is 0 Å². The number of esters is 2. The van der Waals surface area contributed by atoms with E-state index < -0.39 is 48.4 Å². The average Bonchev–Trinajstić information content (AvgIpc) is 3.16. The lowest BCUT2D eigenvalue weighted by atomic mass is 10.1. The van der Waals surface area contributed by atoms with E-state index in [0.29, 0.717) is 19.3 Å². The van der Waals surface area contributed by atoms with Gasteiger partial charge in [-0.1, -0.05) is 27.7 Å². The van der Waals surface area contributed by atoms with Crippen molar-refractivity contribution in [3.8, 4) is 0 Å². The van der Waals surface area contributed by atoms with Crippen LogP contribution < -0.4 is 0 Å². The van der Waals surface area contributed by atoms with Crippen LogP contribution in [-0.4, -0.2) is 48.4 Å². The Bertz CT molecular complexity index is 487. The van der Waals surface area contributed by atoms with Gasteiger partial charge in [0.1, 0.15) is 6.10 Å². The largest absolute Gasteiger partial charge is 0.454 e. The van der Waals surface area contributed by atoms with Crippen molar-refractivity contribution in [1.29, 1.82) is 0 Å². The molecule has 0 aromatic rings. The van der Waals surface area contributed by atoms with E-state index in [9.17, 15) is 9.59 Å². The highest BCUT2D eigenvalue weighted by Gasteiger charge is 2.65. The highest BCUT2D eigenvalue weighted by molar-refractivity contribution is 5.82. The van der Waals surface area contributed by atoms with Crippen molar-refractivity contribution in [2.24, 2.45) is 5.92 Å². The lowest BCUT2D eigenvalue weighted by Crippen LogP contribution is -2.39. The molecule has 3 aliphatic rings. The summed E-state index contributed by atoms with van der Waals surface area (Å²) in [5, 5.41) is 0. The maximum atomic E-state index is 12.0. The van der Waals surface area contributed by atoms with Gasteiger partial charge in [0, 0.05) is 0 Å². The molecule has 0 radical (unpaired) electrons. The minimum absolute atomic E-state index is 0.275. The summed E-state index contributed by atoms with van der Waals surface area (Å²) in [5.74, 6) is -1.97. The quantitative estimate of drug-likeness (QED) is 0.708. The molecule has 3 heterocycles. The molecule has 0 N–H and O–H groups in total. The van der Waals surface area contributed by atoms with Crippen LogP contribution >= 0.6 is 0 Å². The summed E-state index contributed by atoms with van der Waals surface area (Å²) in [6, 6.07) is 0. The zero-order valence-electron chi connectivity index (χ0n) is 13.9. The smallest absolute Gasteiger partial charge is 0.350 e. The number of carbonyl (C=O) groups excluding carboxylic acids is 2. The molecule has 7 nitrogen and oxygen atoms in total. The minimum Gasteiger partial charge on any atom is -0.454 e. The Morgan fingerprint density at radius 1 is 1.17 bits per heavy atom. The highest BCUT2D eigenvalue weighted by Crippen LogP contribution is 2.45. The van der Waals surface area contributed by atoms with E-state index in [1.54, 1.807) is 6.92 Å². The van der Waals surface area contributed by atoms with Crippen molar-refractivity contribution in [3.05, 3.63) is 0 Å². The zero-order chi connectivity index (χ0) is 16.8. The first-order valence-corrected chi connectivity index (χ1v) is 8.36. The van der Waals surface area contributed by atoms with Crippen LogP contribution in [0.4, 0.5) is 0 Å². The van der Waals surface area contributed by atoms with Crippen LogP contribution in [0, 0.1) is 5.92 Å². The standard InChI is InChI=1S/C16H24O7/c1-5-8(4)13(17)20-11-9-10(19-14(11)18)12-15(21-9)23-16(6-2,7-3)22-12/h8-12,15H,5-7H2,1-4H3. The number of hydrogen-bond acceptors (Lipinski definition) is 7. The van der Waals surface area contributed by atoms with Gasteiger partial charge in [-0.15, -0.1) is 0 Å². The molecule has 0 saturated carbocycles. The first kappa shape index (κ1) is 16.7. The van der Waals surface area contributed by atoms with Crippen molar-refractivity contribution in [2.45, 2.75) is 83.5 Å². The molecule has 7 heteroatoms. The lowest BCUT2D eigenvalue weighted by Gasteiger charge is -2.27. The molecular formula is C16H24O7. The summed E-state index contributed by atoms with van der Waals surface area (Å²) in [7, 11) is 0. The van der Waals surface area contributed by atoms with Gasteiger partial charge in [0.05, 0.1) is 5.92 Å². The summed E-state index contributed by atoms with van der Waals surface area (Å²) < 4.78 is 28.3. The van der Waals surface area contributed by atoms with E-state index in [1.807, 2.05) is 20.8 Å². The second kappa shape index (κ2) is 6.03. The van der Waals surface area contributed by atoms with Crippen LogP contribution in [0.25, 0.3) is 0 Å². The molecule has 23 heavy (non-hydrogen) atoms. The molecule has 0 aromatic carbocycles. The Balaban J connectivity index is 1.70. The summed E-state index contributed by atoms with van der Waals surface area (Å²) in [5.41, 5.74) is 0. The van der Waals surface area contributed by atoms with Crippen molar-refractivity contribution in [3.63, 3.8) is 0 Å². The third kappa shape index (κ3) is 2.64. The number of hydrogen-bond donors (Lipinski definition) is 0. The van der Waals surface area contributed by atoms with E-state index in [1.165, 1.54) is 0 Å². The molecule has 0 aliphatic carbocycles. The van der Waals surface area contributed by atoms with Crippen molar-refractivity contribution < 1.29 is 33.3 Å². The van der Waals surface area contributed by atoms with Gasteiger partial charge in [-0.2, -0.15) is 0 Å². The van der Waals surface area contributed by atoms with Crippen LogP contribution in [0.15, 0.2) is 0 Å². The maximum absolute atomic E-state index is 12.0. The summed E-state index contributed by atoms with van der Waals surface area (Å²) in [6.45, 7) is 7.58. The number of ether oxygens (including phenoxy) is 5. The molecule has 3 saturated heterocycles. The molecule has 6 unspecified atom stereocenters. The Hall–Kier alpha value is -1.18. The third-order valence-corrected chi connectivity index (χ3v) is 5.01. The number of rotatable bonds is 5. The van der Waals surface area contributed by atoms with Gasteiger partial charge >= 0.3 is 11.9 Å². The molecule has 3 rings (SSSR count). The zero-order valence-corrected chi connectivity index (χ0v) is 13.9. The van der Waals surface area contributed by atoms with Gasteiger partial charge in [0.15, 0.2) is 24.3 Å². The molecule has 3 fully saturated rings. The molecule has 6 atom stereocenters. The maximum Gasteiger partial charge on any atom is 0.350 e. The molecule has 3 aliphatic heterocycles. The third-order valence-electron chi connectivity index (χ3n) is 5.01. The fraction of sp³-hybridized carbons (Fsp3) is 0.875. The van der Waals surface area contributed by atoms with Gasteiger partial charge in [-0.05, 0) is 19.3 Å². The predicted octanol–water partition coefficient (Wildman–Crippen LogP) is 1.53. The van der Waals surface area contributed by atoms with Crippen molar-refractivity contribution >= 4 is 11.9 Å². The predicted molar refractivity (Wildman–Crippen MR) is 77.1 cm³/mol. The minimum atomic E-state index is -1.04. The van der Waals surface area contributed by atoms with Gasteiger partial charge in [0.2, 0.25) is 6.10 Å². The van der Waals surface area contributed by atoms with Crippen molar-refractivity contribution in [2.75, 3.05) is 0 Å². The summed E-state index contributed by atoms with van der Waals surface area (Å²) >= 11 is 0. The number of fused-ring (bicyclic) bond motifs is 3. The normalized spacial score (nSPS) is 38.8. The Morgan fingerprint density at radius 3 is 2.48 bits per heavy atom. The average molecular weight is 328 g/mol. The van der Waals surface area contributed by atoms with E-state index in [2.05, 4.69) is 0 Å². The fourth-order valence-corrected chi connectivity index (χ4v) is 3.18. The molecule has 0 amide bonds. The SMILES string of the molecule is CCC(C)C(=O)OC1C(=O)OC2C3OC(CC)(CC)OC3OC12. The fourth-order valence-electron chi connectivity index (χ4n) is 3.18. The molecular weight excluding hydrogens is 304 g/mol. The van der Waals surface area contributed by atoms with Crippen molar-refractivity contribution in [1.82, 2.24) is 0 Å². The van der Waals surface area contributed by atoms with Gasteiger partial charge < -0.3 is 23.7 Å². The van der Waals surface area contributed by atoms with Crippen LogP contribution in [0.3, 0.4) is 0 Å².